The number of amidine groups is 1. The Morgan fingerprint density at radius 3 is 2.59 bits per heavy atom. The first-order valence-electron chi connectivity index (χ1n) is 8.74. The van der Waals surface area contributed by atoms with E-state index in [2.05, 4.69) is 10.3 Å². The van der Waals surface area contributed by atoms with Crippen molar-refractivity contribution in [3.8, 4) is 0 Å². The fourth-order valence-electron chi connectivity index (χ4n) is 2.70. The zero-order valence-corrected chi connectivity index (χ0v) is 15.7. The van der Waals surface area contributed by atoms with Gasteiger partial charge in [-0.25, -0.2) is 9.38 Å². The van der Waals surface area contributed by atoms with Crippen LogP contribution >= 0.6 is 11.8 Å². The van der Waals surface area contributed by atoms with Crippen LogP contribution in [-0.4, -0.2) is 33.7 Å². The third-order valence-corrected chi connectivity index (χ3v) is 5.14. The van der Waals surface area contributed by atoms with E-state index in [-0.39, 0.29) is 18.0 Å². The highest BCUT2D eigenvalue weighted by Gasteiger charge is 2.38. The van der Waals surface area contributed by atoms with Crippen molar-refractivity contribution in [3.63, 3.8) is 0 Å². The van der Waals surface area contributed by atoms with Crippen LogP contribution in [0, 0.1) is 5.82 Å². The first-order valence-corrected chi connectivity index (χ1v) is 9.62. The molecule has 0 bridgehead atoms. The van der Waals surface area contributed by atoms with Crippen molar-refractivity contribution >= 4 is 40.1 Å². The molecule has 0 unspecified atom stereocenters. The Kier molecular flexibility index (Phi) is 6.24. The van der Waals surface area contributed by atoms with Gasteiger partial charge in [0.15, 0.2) is 5.17 Å². The molecule has 1 fully saturated rings. The third kappa shape index (κ3) is 4.74. The Hall–Kier alpha value is -2.67. The Morgan fingerprint density at radius 1 is 1.19 bits per heavy atom. The van der Waals surface area contributed by atoms with Gasteiger partial charge in [-0.3, -0.25) is 14.5 Å². The lowest BCUT2D eigenvalue weighted by molar-refractivity contribution is -0.128. The monoisotopic (exact) mass is 385 g/mol. The maximum Gasteiger partial charge on any atom is 0.242 e. The molecule has 1 N–H and O–H groups in total. The van der Waals surface area contributed by atoms with Crippen LogP contribution in [0.15, 0.2) is 59.6 Å². The fraction of sp³-hybridized carbons (Fsp3) is 0.250. The number of amides is 2. The fourth-order valence-corrected chi connectivity index (χ4v) is 3.88. The number of nitrogens with one attached hydrogen (secondary N) is 1. The van der Waals surface area contributed by atoms with Gasteiger partial charge in [0.25, 0.3) is 0 Å². The highest BCUT2D eigenvalue weighted by molar-refractivity contribution is 8.15. The first kappa shape index (κ1) is 19.1. The topological polar surface area (TPSA) is 61.8 Å². The standard InChI is InChI=1S/C20H20FN3O2S/c1-2-12-24-19(26)17(27-20(24)22-14-8-4-3-5-9-14)13-18(25)23-16-11-7-6-10-15(16)21/h3-11,17H,2,12-13H2,1H3,(H,23,25)/t17-/m0/s1. The van der Waals surface area contributed by atoms with Gasteiger partial charge in [-0.05, 0) is 30.7 Å². The van der Waals surface area contributed by atoms with Crippen LogP contribution in [0.4, 0.5) is 15.8 Å². The molecule has 1 heterocycles. The van der Waals surface area contributed by atoms with E-state index in [0.717, 1.165) is 12.1 Å². The van der Waals surface area contributed by atoms with E-state index in [4.69, 9.17) is 0 Å². The minimum absolute atomic E-state index is 0.0359. The summed E-state index contributed by atoms with van der Waals surface area (Å²) < 4.78 is 13.7. The van der Waals surface area contributed by atoms with E-state index in [0.29, 0.717) is 11.7 Å². The van der Waals surface area contributed by atoms with Gasteiger partial charge < -0.3 is 5.32 Å². The lowest BCUT2D eigenvalue weighted by Gasteiger charge is -2.15. The summed E-state index contributed by atoms with van der Waals surface area (Å²) >= 11 is 1.28. The number of thioether (sulfide) groups is 1. The molecule has 27 heavy (non-hydrogen) atoms. The second-order valence-electron chi connectivity index (χ2n) is 6.06. The van der Waals surface area contributed by atoms with Crippen LogP contribution in [0.2, 0.25) is 0 Å². The number of nitrogens with zero attached hydrogens (tertiary/aromatic N) is 2. The summed E-state index contributed by atoms with van der Waals surface area (Å²) in [6.45, 7) is 2.53. The maximum atomic E-state index is 13.7. The van der Waals surface area contributed by atoms with E-state index in [9.17, 15) is 14.0 Å². The number of aliphatic imine (C=N–C) groups is 1. The second-order valence-corrected chi connectivity index (χ2v) is 7.23. The number of carbonyl (C=O) groups excluding carboxylic acids is 2. The molecule has 2 aromatic rings. The predicted octanol–water partition coefficient (Wildman–Crippen LogP) is 4.20. The van der Waals surface area contributed by atoms with E-state index in [1.165, 1.54) is 23.9 Å². The molecule has 0 aromatic heterocycles. The molecule has 3 rings (SSSR count). The largest absolute Gasteiger partial charge is 0.324 e. The number of para-hydroxylation sites is 2. The van der Waals surface area contributed by atoms with E-state index in [1.807, 2.05) is 37.3 Å². The lowest BCUT2D eigenvalue weighted by atomic mass is 10.2. The van der Waals surface area contributed by atoms with Gasteiger partial charge in [0.2, 0.25) is 11.8 Å². The normalized spacial score (nSPS) is 18.1. The van der Waals surface area contributed by atoms with Crippen LogP contribution < -0.4 is 5.32 Å². The molecule has 1 atom stereocenters. The number of rotatable bonds is 6. The summed E-state index contributed by atoms with van der Waals surface area (Å²) in [6.07, 6.45) is 0.750. The van der Waals surface area contributed by atoms with Crippen LogP contribution in [-0.2, 0) is 9.59 Å². The molecule has 0 saturated carbocycles. The average Bonchev–Trinajstić information content (AvgIpc) is 2.93. The molecular formula is C20H20FN3O2S. The molecule has 1 saturated heterocycles. The summed E-state index contributed by atoms with van der Waals surface area (Å²) in [6, 6.07) is 15.3. The Morgan fingerprint density at radius 2 is 1.89 bits per heavy atom. The highest BCUT2D eigenvalue weighted by Crippen LogP contribution is 2.32. The van der Waals surface area contributed by atoms with Gasteiger partial charge >= 0.3 is 0 Å². The number of anilines is 1. The molecule has 1 aliphatic heterocycles. The van der Waals surface area contributed by atoms with Gasteiger partial charge in [-0.15, -0.1) is 0 Å². The van der Waals surface area contributed by atoms with Gasteiger partial charge in [0, 0.05) is 13.0 Å². The molecule has 1 aliphatic rings. The molecule has 7 heteroatoms. The zero-order valence-electron chi connectivity index (χ0n) is 14.9. The van der Waals surface area contributed by atoms with Crippen molar-refractivity contribution in [2.75, 3.05) is 11.9 Å². The SMILES string of the molecule is CCCN1C(=O)[C@H](CC(=O)Nc2ccccc2F)SC1=Nc1ccccc1. The summed E-state index contributed by atoms with van der Waals surface area (Å²) in [5.74, 6) is -1.04. The second kappa shape index (κ2) is 8.81. The minimum Gasteiger partial charge on any atom is -0.324 e. The summed E-state index contributed by atoms with van der Waals surface area (Å²) in [4.78, 5) is 31.2. The quantitative estimate of drug-likeness (QED) is 0.811. The smallest absolute Gasteiger partial charge is 0.242 e. The van der Waals surface area contributed by atoms with Crippen molar-refractivity contribution in [2.45, 2.75) is 25.0 Å². The zero-order chi connectivity index (χ0) is 19.2. The van der Waals surface area contributed by atoms with E-state index in [1.54, 1.807) is 17.0 Å². The molecule has 2 aromatic carbocycles. The summed E-state index contributed by atoms with van der Waals surface area (Å²) in [5.41, 5.74) is 0.867. The lowest BCUT2D eigenvalue weighted by Crippen LogP contribution is -2.34. The molecule has 0 aliphatic carbocycles. The Labute approximate surface area is 161 Å². The first-order chi connectivity index (χ1) is 13.1. The Balaban J connectivity index is 1.72. The van der Waals surface area contributed by atoms with Crippen molar-refractivity contribution in [3.05, 3.63) is 60.4 Å². The number of benzene rings is 2. The molecular weight excluding hydrogens is 365 g/mol. The van der Waals surface area contributed by atoms with Gasteiger partial charge in [0.05, 0.1) is 11.4 Å². The van der Waals surface area contributed by atoms with Crippen molar-refractivity contribution in [1.29, 1.82) is 0 Å². The number of halogens is 1. The van der Waals surface area contributed by atoms with Crippen molar-refractivity contribution in [2.24, 2.45) is 4.99 Å². The molecule has 140 valence electrons. The Bertz CT molecular complexity index is 857. The number of hydrogen-bond acceptors (Lipinski definition) is 4. The summed E-state index contributed by atoms with van der Waals surface area (Å²) in [7, 11) is 0. The summed E-state index contributed by atoms with van der Waals surface area (Å²) in [5, 5.41) is 2.56. The van der Waals surface area contributed by atoms with Crippen molar-refractivity contribution in [1.82, 2.24) is 4.90 Å². The number of carbonyl (C=O) groups is 2. The van der Waals surface area contributed by atoms with Crippen LogP contribution in [0.5, 0.6) is 0 Å². The van der Waals surface area contributed by atoms with Gasteiger partial charge in [0.1, 0.15) is 11.1 Å². The highest BCUT2D eigenvalue weighted by atomic mass is 32.2. The maximum absolute atomic E-state index is 13.7. The van der Waals surface area contributed by atoms with Gasteiger partial charge in [-0.1, -0.05) is 49.0 Å². The molecule has 0 radical (unpaired) electrons. The minimum atomic E-state index is -0.564. The molecule has 0 spiro atoms. The van der Waals surface area contributed by atoms with Crippen LogP contribution in [0.25, 0.3) is 0 Å². The molecule has 5 nitrogen and oxygen atoms in total. The van der Waals surface area contributed by atoms with Crippen molar-refractivity contribution < 1.29 is 14.0 Å². The predicted molar refractivity (Wildman–Crippen MR) is 107 cm³/mol. The third-order valence-electron chi connectivity index (χ3n) is 3.97. The van der Waals surface area contributed by atoms with E-state index < -0.39 is 17.0 Å². The van der Waals surface area contributed by atoms with Gasteiger partial charge in [-0.2, -0.15) is 0 Å². The average molecular weight is 385 g/mol. The molecule has 2 amide bonds. The number of hydrogen-bond donors (Lipinski definition) is 1. The van der Waals surface area contributed by atoms with E-state index >= 15 is 0 Å². The van der Waals surface area contributed by atoms with Crippen LogP contribution in [0.1, 0.15) is 19.8 Å². The van der Waals surface area contributed by atoms with Crippen LogP contribution in [0.3, 0.4) is 0 Å².